The maximum absolute atomic E-state index is 10.4. The second kappa shape index (κ2) is 4.81. The molecular formula is C6H12N2O2. The van der Waals surface area contributed by atoms with Gasteiger partial charge in [-0.05, 0) is 0 Å². The van der Waals surface area contributed by atoms with Crippen molar-refractivity contribution in [2.24, 2.45) is 0 Å². The Kier molecular flexibility index (Phi) is 4.32. The first-order valence-corrected chi connectivity index (χ1v) is 2.85. The third-order valence-electron chi connectivity index (χ3n) is 0.753. The molecule has 0 saturated heterocycles. The Morgan fingerprint density at radius 2 is 2.20 bits per heavy atom. The van der Waals surface area contributed by atoms with Crippen LogP contribution in [0.5, 0.6) is 0 Å². The summed E-state index contributed by atoms with van der Waals surface area (Å²) in [5, 5.41) is 1.71. The van der Waals surface area contributed by atoms with Gasteiger partial charge in [0.15, 0.2) is 0 Å². The predicted molar refractivity (Wildman–Crippen MR) is 38.0 cm³/mol. The topological polar surface area (TPSA) is 41.6 Å². The highest BCUT2D eigenvalue weighted by atomic mass is 16.5. The molecule has 58 valence electrons. The van der Waals surface area contributed by atoms with Crippen LogP contribution in [-0.4, -0.2) is 32.2 Å². The maximum atomic E-state index is 10.4. The number of hydrazine groups is 1. The average molecular weight is 144 g/mol. The molecule has 0 aromatic rings. The van der Waals surface area contributed by atoms with Gasteiger partial charge in [0.05, 0.1) is 7.11 Å². The lowest BCUT2D eigenvalue weighted by Gasteiger charge is -2.06. The molecule has 0 aliphatic carbocycles. The lowest BCUT2D eigenvalue weighted by Crippen LogP contribution is -2.25. The smallest absolute Gasteiger partial charge is 0.331 e. The van der Waals surface area contributed by atoms with Gasteiger partial charge in [-0.15, -0.1) is 0 Å². The zero-order valence-corrected chi connectivity index (χ0v) is 6.42. The molecule has 0 rings (SSSR count). The fourth-order valence-corrected chi connectivity index (χ4v) is 0.322. The van der Waals surface area contributed by atoms with E-state index in [-0.39, 0.29) is 5.97 Å². The summed E-state index contributed by atoms with van der Waals surface area (Å²) >= 11 is 0. The molecular weight excluding hydrogens is 132 g/mol. The van der Waals surface area contributed by atoms with Crippen LogP contribution in [0.1, 0.15) is 0 Å². The molecule has 0 aliphatic heterocycles. The molecule has 4 nitrogen and oxygen atoms in total. The van der Waals surface area contributed by atoms with Crippen molar-refractivity contribution in [3.05, 3.63) is 12.3 Å². The molecule has 0 amide bonds. The van der Waals surface area contributed by atoms with E-state index in [4.69, 9.17) is 0 Å². The van der Waals surface area contributed by atoms with Crippen molar-refractivity contribution in [1.29, 1.82) is 0 Å². The Hall–Kier alpha value is -1.03. The molecule has 0 heterocycles. The van der Waals surface area contributed by atoms with E-state index < -0.39 is 0 Å². The van der Waals surface area contributed by atoms with Crippen LogP contribution in [0.4, 0.5) is 0 Å². The quantitative estimate of drug-likeness (QED) is 0.336. The van der Waals surface area contributed by atoms with E-state index in [1.54, 1.807) is 5.01 Å². The predicted octanol–water partition coefficient (Wildman–Crippen LogP) is -0.261. The zero-order valence-electron chi connectivity index (χ0n) is 6.42. The number of rotatable bonds is 3. The highest BCUT2D eigenvalue weighted by Crippen LogP contribution is 1.74. The number of carbonyl (C=O) groups is 1. The van der Waals surface area contributed by atoms with Crippen LogP contribution >= 0.6 is 0 Å². The van der Waals surface area contributed by atoms with Gasteiger partial charge >= 0.3 is 5.97 Å². The number of carbonyl (C=O) groups excluding carboxylic acids is 1. The monoisotopic (exact) mass is 144 g/mol. The van der Waals surface area contributed by atoms with Crippen molar-refractivity contribution >= 4 is 5.97 Å². The number of esters is 1. The fraction of sp³-hybridized carbons (Fsp3) is 0.500. The SMILES string of the molecule is COC(=O)C=CNN(C)C. The van der Waals surface area contributed by atoms with E-state index in [1.807, 2.05) is 14.1 Å². The van der Waals surface area contributed by atoms with Crippen LogP contribution in [0.15, 0.2) is 12.3 Å². The van der Waals surface area contributed by atoms with Crippen LogP contribution in [0.25, 0.3) is 0 Å². The van der Waals surface area contributed by atoms with Crippen molar-refractivity contribution in [2.75, 3.05) is 21.2 Å². The normalized spacial score (nSPS) is 10.4. The van der Waals surface area contributed by atoms with Crippen LogP contribution < -0.4 is 5.43 Å². The molecule has 0 radical (unpaired) electrons. The van der Waals surface area contributed by atoms with Crippen LogP contribution in [0, 0.1) is 0 Å². The highest BCUT2D eigenvalue weighted by Gasteiger charge is 1.88. The minimum Gasteiger partial charge on any atom is -0.466 e. The van der Waals surface area contributed by atoms with E-state index in [0.717, 1.165) is 0 Å². The number of methoxy groups -OCH3 is 1. The third kappa shape index (κ3) is 5.11. The fourth-order valence-electron chi connectivity index (χ4n) is 0.322. The average Bonchev–Trinajstić information content (AvgIpc) is 1.87. The van der Waals surface area contributed by atoms with Gasteiger partial charge in [0.1, 0.15) is 0 Å². The minimum atomic E-state index is -0.366. The molecule has 0 fully saturated rings. The summed E-state index contributed by atoms with van der Waals surface area (Å²) in [5.41, 5.74) is 2.76. The molecule has 0 aliphatic rings. The lowest BCUT2D eigenvalue weighted by atomic mass is 10.6. The summed E-state index contributed by atoms with van der Waals surface area (Å²) < 4.78 is 4.35. The van der Waals surface area contributed by atoms with E-state index in [9.17, 15) is 4.79 Å². The third-order valence-corrected chi connectivity index (χ3v) is 0.753. The molecule has 0 unspecified atom stereocenters. The van der Waals surface area contributed by atoms with Gasteiger partial charge in [-0.3, -0.25) is 0 Å². The van der Waals surface area contributed by atoms with Crippen molar-refractivity contribution in [2.45, 2.75) is 0 Å². The Labute approximate surface area is 60.4 Å². The van der Waals surface area contributed by atoms with Gasteiger partial charge in [0, 0.05) is 26.4 Å². The largest absolute Gasteiger partial charge is 0.466 e. The molecule has 0 aromatic carbocycles. The van der Waals surface area contributed by atoms with E-state index in [0.29, 0.717) is 0 Å². The molecule has 4 heteroatoms. The van der Waals surface area contributed by atoms with Crippen molar-refractivity contribution < 1.29 is 9.53 Å². The Morgan fingerprint density at radius 1 is 1.60 bits per heavy atom. The van der Waals surface area contributed by atoms with Crippen LogP contribution in [-0.2, 0) is 9.53 Å². The number of hydrogen-bond donors (Lipinski definition) is 1. The summed E-state index contributed by atoms with van der Waals surface area (Å²) in [5.74, 6) is -0.366. The Balaban J connectivity index is 3.46. The first-order valence-electron chi connectivity index (χ1n) is 2.85. The highest BCUT2D eigenvalue weighted by molar-refractivity contribution is 5.81. The first kappa shape index (κ1) is 8.97. The summed E-state index contributed by atoms with van der Waals surface area (Å²) in [6, 6.07) is 0. The first-order chi connectivity index (χ1) is 4.66. The Bertz CT molecular complexity index is 132. The minimum absolute atomic E-state index is 0.366. The second-order valence-corrected chi connectivity index (χ2v) is 1.88. The molecule has 0 atom stereocenters. The summed E-state index contributed by atoms with van der Waals surface area (Å²) in [6.07, 6.45) is 2.81. The van der Waals surface area contributed by atoms with E-state index in [2.05, 4.69) is 10.2 Å². The number of nitrogens with one attached hydrogen (secondary N) is 1. The van der Waals surface area contributed by atoms with Gasteiger partial charge in [0.2, 0.25) is 0 Å². The van der Waals surface area contributed by atoms with Gasteiger partial charge in [-0.2, -0.15) is 0 Å². The standard InChI is InChI=1S/C6H12N2O2/c1-8(2)7-5-4-6(9)10-3/h4-5,7H,1-3H3. The van der Waals surface area contributed by atoms with Gasteiger partial charge in [-0.1, -0.05) is 0 Å². The molecule has 0 aromatic heterocycles. The lowest BCUT2D eigenvalue weighted by molar-refractivity contribution is -0.134. The van der Waals surface area contributed by atoms with E-state index in [1.165, 1.54) is 19.4 Å². The molecule has 0 spiro atoms. The molecule has 1 N–H and O–H groups in total. The number of ether oxygens (including phenoxy) is 1. The summed E-state index contributed by atoms with van der Waals surface area (Å²) in [4.78, 5) is 10.4. The summed E-state index contributed by atoms with van der Waals surface area (Å²) in [6.45, 7) is 0. The molecule has 10 heavy (non-hydrogen) atoms. The van der Waals surface area contributed by atoms with Gasteiger partial charge < -0.3 is 10.2 Å². The maximum Gasteiger partial charge on any atom is 0.331 e. The van der Waals surface area contributed by atoms with Gasteiger partial charge in [-0.25, -0.2) is 9.80 Å². The van der Waals surface area contributed by atoms with Crippen LogP contribution in [0.2, 0.25) is 0 Å². The van der Waals surface area contributed by atoms with Crippen molar-refractivity contribution in [3.63, 3.8) is 0 Å². The Morgan fingerprint density at radius 3 is 2.60 bits per heavy atom. The van der Waals surface area contributed by atoms with Gasteiger partial charge in [0.25, 0.3) is 0 Å². The van der Waals surface area contributed by atoms with Crippen LogP contribution in [0.3, 0.4) is 0 Å². The summed E-state index contributed by atoms with van der Waals surface area (Å²) in [7, 11) is 4.98. The molecule has 0 bridgehead atoms. The second-order valence-electron chi connectivity index (χ2n) is 1.88. The molecule has 0 saturated carbocycles. The van der Waals surface area contributed by atoms with E-state index >= 15 is 0 Å². The number of nitrogens with zero attached hydrogens (tertiary/aromatic N) is 1. The van der Waals surface area contributed by atoms with Crippen molar-refractivity contribution in [1.82, 2.24) is 10.4 Å². The zero-order chi connectivity index (χ0) is 7.98. The van der Waals surface area contributed by atoms with Crippen molar-refractivity contribution in [3.8, 4) is 0 Å². The number of hydrogen-bond acceptors (Lipinski definition) is 4.